The highest BCUT2D eigenvalue weighted by Crippen LogP contribution is 2.30. The predicted molar refractivity (Wildman–Crippen MR) is 76.5 cm³/mol. The summed E-state index contributed by atoms with van der Waals surface area (Å²) >= 11 is 0. The van der Waals surface area contributed by atoms with Crippen LogP contribution < -0.4 is 0 Å². The molecule has 0 aromatic heterocycles. The van der Waals surface area contributed by atoms with Gasteiger partial charge in [0.15, 0.2) is 0 Å². The molecule has 0 saturated carbocycles. The van der Waals surface area contributed by atoms with Crippen LogP contribution in [0.3, 0.4) is 0 Å². The minimum atomic E-state index is -1.86. The van der Waals surface area contributed by atoms with Gasteiger partial charge in [0.25, 0.3) is 0 Å². The Morgan fingerprint density at radius 2 is 1.56 bits per heavy atom. The highest BCUT2D eigenvalue weighted by molar-refractivity contribution is 6.79. The summed E-state index contributed by atoms with van der Waals surface area (Å²) in [7, 11) is -3.61. The van der Waals surface area contributed by atoms with Gasteiger partial charge in [-0.2, -0.15) is 0 Å². The van der Waals surface area contributed by atoms with Crippen molar-refractivity contribution in [2.45, 2.75) is 65.2 Å². The molecule has 2 nitrogen and oxygen atoms in total. The van der Waals surface area contributed by atoms with Crippen molar-refractivity contribution in [3.8, 4) is 0 Å². The van der Waals surface area contributed by atoms with Crippen LogP contribution in [0.1, 0.15) is 27.7 Å². The third-order valence-electron chi connectivity index (χ3n) is 2.99. The summed E-state index contributed by atoms with van der Waals surface area (Å²) in [4.78, 5) is 0. The van der Waals surface area contributed by atoms with Crippen molar-refractivity contribution >= 4 is 16.6 Å². The van der Waals surface area contributed by atoms with Gasteiger partial charge < -0.3 is 8.85 Å². The summed E-state index contributed by atoms with van der Waals surface area (Å²) in [6, 6.07) is 0. The van der Waals surface area contributed by atoms with Crippen molar-refractivity contribution in [3.05, 3.63) is 12.3 Å². The zero-order valence-corrected chi connectivity index (χ0v) is 14.2. The molecule has 0 N–H and O–H groups in total. The molecule has 0 rings (SSSR count). The van der Waals surface area contributed by atoms with E-state index in [9.17, 15) is 0 Å². The Kier molecular flexibility index (Phi) is 5.19. The Morgan fingerprint density at radius 1 is 1.12 bits per heavy atom. The first-order chi connectivity index (χ1) is 6.93. The van der Waals surface area contributed by atoms with Gasteiger partial charge in [0.2, 0.25) is 16.6 Å². The van der Waals surface area contributed by atoms with Gasteiger partial charge in [0.1, 0.15) is 0 Å². The van der Waals surface area contributed by atoms with Crippen LogP contribution in [0.5, 0.6) is 0 Å². The van der Waals surface area contributed by atoms with Crippen LogP contribution in [0.4, 0.5) is 0 Å². The number of hydrogen-bond acceptors (Lipinski definition) is 2. The second-order valence-electron chi connectivity index (χ2n) is 6.10. The average molecular weight is 261 g/mol. The molecule has 4 heteroatoms. The molecule has 16 heavy (non-hydrogen) atoms. The van der Waals surface area contributed by atoms with Gasteiger partial charge in [-0.1, -0.05) is 5.70 Å². The van der Waals surface area contributed by atoms with Crippen molar-refractivity contribution < 1.29 is 8.85 Å². The first-order valence-corrected chi connectivity index (χ1v) is 11.8. The summed E-state index contributed by atoms with van der Waals surface area (Å²) in [5.41, 5.74) is 1.98. The lowest BCUT2D eigenvalue weighted by molar-refractivity contribution is 0.122. The molecule has 0 aliphatic carbocycles. The van der Waals surface area contributed by atoms with Crippen molar-refractivity contribution in [2.75, 3.05) is 0 Å². The summed E-state index contributed by atoms with van der Waals surface area (Å²) in [6.45, 7) is 21.1. The van der Waals surface area contributed by atoms with E-state index in [4.69, 9.17) is 8.85 Å². The fourth-order valence-corrected chi connectivity index (χ4v) is 6.19. The predicted octanol–water partition coefficient (Wildman–Crippen LogP) is 3.88. The Bertz CT molecular complexity index is 245. The van der Waals surface area contributed by atoms with Crippen LogP contribution in [-0.4, -0.2) is 28.0 Å². The van der Waals surface area contributed by atoms with E-state index in [1.54, 1.807) is 0 Å². The molecule has 0 spiro atoms. The second-order valence-corrected chi connectivity index (χ2v) is 14.4. The van der Waals surface area contributed by atoms with Crippen LogP contribution in [0, 0.1) is 0 Å². The molecule has 0 fully saturated rings. The van der Waals surface area contributed by atoms with Crippen LogP contribution >= 0.6 is 0 Å². The van der Waals surface area contributed by atoms with E-state index in [1.165, 1.54) is 0 Å². The van der Waals surface area contributed by atoms with E-state index in [0.717, 1.165) is 0 Å². The van der Waals surface area contributed by atoms with Gasteiger partial charge in [-0.3, -0.25) is 0 Å². The van der Waals surface area contributed by atoms with Crippen LogP contribution in [0.25, 0.3) is 0 Å². The van der Waals surface area contributed by atoms with E-state index in [2.05, 4.69) is 60.5 Å². The van der Waals surface area contributed by atoms with E-state index in [1.807, 2.05) is 5.70 Å². The van der Waals surface area contributed by atoms with Gasteiger partial charge in [-0.05, 0) is 53.9 Å². The third-order valence-corrected chi connectivity index (χ3v) is 9.28. The van der Waals surface area contributed by atoms with Gasteiger partial charge >= 0.3 is 0 Å². The van der Waals surface area contributed by atoms with E-state index < -0.39 is 16.6 Å². The van der Waals surface area contributed by atoms with Gasteiger partial charge in [-0.25, -0.2) is 0 Å². The summed E-state index contributed by atoms with van der Waals surface area (Å²) in [5.74, 6) is 0. The van der Waals surface area contributed by atoms with Crippen molar-refractivity contribution in [1.29, 1.82) is 0 Å². The maximum absolute atomic E-state index is 6.30. The van der Waals surface area contributed by atoms with Gasteiger partial charge in [0, 0.05) is 6.10 Å². The van der Waals surface area contributed by atoms with Crippen molar-refractivity contribution in [3.63, 3.8) is 0 Å². The number of rotatable bonds is 6. The number of hydrogen-bond donors (Lipinski definition) is 0. The summed E-state index contributed by atoms with van der Waals surface area (Å²) in [6.07, 6.45) is 0.262. The first-order valence-electron chi connectivity index (χ1n) is 5.95. The minimum absolute atomic E-state index is 0.179. The van der Waals surface area contributed by atoms with E-state index in [-0.39, 0.29) is 11.3 Å². The lowest BCUT2D eigenvalue weighted by Crippen LogP contribution is -2.59. The minimum Gasteiger partial charge on any atom is -0.412 e. The molecule has 96 valence electrons. The lowest BCUT2D eigenvalue weighted by atomic mass is 10.5. The monoisotopic (exact) mass is 260 g/mol. The molecule has 0 aromatic rings. The van der Waals surface area contributed by atoms with Crippen LogP contribution in [0.2, 0.25) is 26.2 Å². The molecule has 0 aliphatic heterocycles. The van der Waals surface area contributed by atoms with E-state index in [0.29, 0.717) is 0 Å². The van der Waals surface area contributed by atoms with Gasteiger partial charge in [-0.15, -0.1) is 6.58 Å². The normalized spacial score (nSPS) is 14.3. The van der Waals surface area contributed by atoms with Crippen LogP contribution in [-0.2, 0) is 8.85 Å². The fourth-order valence-electron chi connectivity index (χ4n) is 1.55. The molecule has 0 amide bonds. The highest BCUT2D eigenvalue weighted by Gasteiger charge is 2.45. The van der Waals surface area contributed by atoms with Crippen molar-refractivity contribution in [2.24, 2.45) is 0 Å². The third kappa shape index (κ3) is 4.53. The zero-order valence-electron chi connectivity index (χ0n) is 12.2. The molecule has 0 aliphatic rings. The molecule has 0 aromatic carbocycles. The quantitative estimate of drug-likeness (QED) is 0.675. The smallest absolute Gasteiger partial charge is 0.216 e. The molecule has 0 unspecified atom stereocenters. The average Bonchev–Trinajstić information content (AvgIpc) is 1.99. The molecule has 0 atom stereocenters. The summed E-state index contributed by atoms with van der Waals surface area (Å²) in [5, 5.41) is -0.179. The standard InChI is InChI=1S/C12H28O2Si2/c1-10-15(6,7)14-12(4,5)16(8,9)13-11(2)3/h10-11H,1H2,2-9H3. The maximum atomic E-state index is 6.30. The molecule has 0 saturated heterocycles. The molecular weight excluding hydrogens is 232 g/mol. The second kappa shape index (κ2) is 5.16. The Balaban J connectivity index is 4.82. The molecular formula is C12H28O2Si2. The van der Waals surface area contributed by atoms with Crippen molar-refractivity contribution in [1.82, 2.24) is 0 Å². The fraction of sp³-hybridized carbons (Fsp3) is 0.833. The SMILES string of the molecule is C=C[Si](C)(C)OC(C)(C)[Si](C)(C)OC(C)C. The summed E-state index contributed by atoms with van der Waals surface area (Å²) < 4.78 is 12.4. The lowest BCUT2D eigenvalue weighted by Gasteiger charge is -2.44. The molecule has 0 heterocycles. The zero-order chi connectivity index (χ0) is 13.2. The highest BCUT2D eigenvalue weighted by atomic mass is 28.4. The van der Waals surface area contributed by atoms with Crippen LogP contribution in [0.15, 0.2) is 12.3 Å². The Labute approximate surface area is 103 Å². The van der Waals surface area contributed by atoms with E-state index >= 15 is 0 Å². The first kappa shape index (κ1) is 16.1. The Hall–Kier alpha value is 0.0938. The molecule has 0 bridgehead atoms. The largest absolute Gasteiger partial charge is 0.412 e. The van der Waals surface area contributed by atoms with Gasteiger partial charge in [0.05, 0.1) is 5.22 Å². The maximum Gasteiger partial charge on any atom is 0.216 e. The topological polar surface area (TPSA) is 18.5 Å². The molecule has 0 radical (unpaired) electrons. The Morgan fingerprint density at radius 3 is 1.88 bits per heavy atom.